The number of aryl methyl sites for hydroxylation is 2. The minimum Gasteiger partial charge on any atom is -0.397 e. The standard InChI is InChI=1S/C15H19FN4O/c1-3-11-8-12(4-2)20(19-11)9-15(21)18-14-6-5-10(16)7-13(14)17/h5-8H,3-4,9,17H2,1-2H3,(H,18,21). The monoisotopic (exact) mass is 290 g/mol. The van der Waals surface area contributed by atoms with E-state index >= 15 is 0 Å². The third kappa shape index (κ3) is 3.59. The van der Waals surface area contributed by atoms with Crippen molar-refractivity contribution in [2.45, 2.75) is 33.2 Å². The fourth-order valence-corrected chi connectivity index (χ4v) is 2.08. The van der Waals surface area contributed by atoms with Crippen LogP contribution in [0.2, 0.25) is 0 Å². The van der Waals surface area contributed by atoms with Crippen LogP contribution in [-0.2, 0) is 24.2 Å². The number of anilines is 2. The minimum atomic E-state index is -0.432. The van der Waals surface area contributed by atoms with E-state index in [2.05, 4.69) is 10.4 Å². The van der Waals surface area contributed by atoms with Crippen molar-refractivity contribution in [3.8, 4) is 0 Å². The van der Waals surface area contributed by atoms with Gasteiger partial charge in [0.1, 0.15) is 12.4 Å². The summed E-state index contributed by atoms with van der Waals surface area (Å²) in [6, 6.07) is 5.88. The molecule has 112 valence electrons. The summed E-state index contributed by atoms with van der Waals surface area (Å²) < 4.78 is 14.7. The van der Waals surface area contributed by atoms with Crippen molar-refractivity contribution in [1.29, 1.82) is 0 Å². The maximum Gasteiger partial charge on any atom is 0.246 e. The van der Waals surface area contributed by atoms with Gasteiger partial charge in [-0.2, -0.15) is 5.10 Å². The van der Waals surface area contributed by atoms with Crippen molar-refractivity contribution in [1.82, 2.24) is 9.78 Å². The van der Waals surface area contributed by atoms with Crippen LogP contribution in [0.15, 0.2) is 24.3 Å². The average Bonchev–Trinajstić information content (AvgIpc) is 2.84. The number of nitrogens with zero attached hydrogens (tertiary/aromatic N) is 2. The molecule has 2 aromatic rings. The van der Waals surface area contributed by atoms with Crippen molar-refractivity contribution >= 4 is 17.3 Å². The van der Waals surface area contributed by atoms with Gasteiger partial charge in [0, 0.05) is 5.69 Å². The highest BCUT2D eigenvalue weighted by molar-refractivity contribution is 5.93. The molecule has 21 heavy (non-hydrogen) atoms. The van der Waals surface area contributed by atoms with Crippen LogP contribution in [0.5, 0.6) is 0 Å². The molecule has 0 aliphatic heterocycles. The summed E-state index contributed by atoms with van der Waals surface area (Å²) in [6.07, 6.45) is 1.63. The molecule has 0 atom stereocenters. The SMILES string of the molecule is CCc1cc(CC)n(CC(=O)Nc2ccc(F)cc2N)n1. The van der Waals surface area contributed by atoms with Gasteiger partial charge in [-0.3, -0.25) is 9.48 Å². The number of nitrogens with two attached hydrogens (primary N) is 1. The van der Waals surface area contributed by atoms with Crippen molar-refractivity contribution in [3.63, 3.8) is 0 Å². The Kier molecular flexibility index (Phi) is 4.57. The summed E-state index contributed by atoms with van der Waals surface area (Å²) in [5.74, 6) is -0.674. The van der Waals surface area contributed by atoms with Crippen LogP contribution in [0, 0.1) is 5.82 Å². The molecule has 6 heteroatoms. The van der Waals surface area contributed by atoms with Gasteiger partial charge >= 0.3 is 0 Å². The zero-order valence-electron chi connectivity index (χ0n) is 12.2. The number of nitrogens with one attached hydrogen (secondary N) is 1. The van der Waals surface area contributed by atoms with Crippen LogP contribution in [0.1, 0.15) is 25.2 Å². The lowest BCUT2D eigenvalue weighted by Crippen LogP contribution is -2.21. The summed E-state index contributed by atoms with van der Waals surface area (Å²) in [4.78, 5) is 12.1. The predicted molar refractivity (Wildman–Crippen MR) is 80.4 cm³/mol. The Labute approximate surface area is 123 Å². The van der Waals surface area contributed by atoms with Crippen LogP contribution in [0.3, 0.4) is 0 Å². The van der Waals surface area contributed by atoms with E-state index < -0.39 is 5.82 Å². The first-order valence-corrected chi connectivity index (χ1v) is 6.94. The Balaban J connectivity index is 2.09. The molecule has 0 fully saturated rings. The molecule has 0 aliphatic rings. The Bertz CT molecular complexity index is 651. The van der Waals surface area contributed by atoms with Gasteiger partial charge in [0.15, 0.2) is 0 Å². The quantitative estimate of drug-likeness (QED) is 0.830. The lowest BCUT2D eigenvalue weighted by atomic mass is 10.2. The summed E-state index contributed by atoms with van der Waals surface area (Å²) in [5, 5.41) is 7.06. The van der Waals surface area contributed by atoms with Gasteiger partial charge < -0.3 is 11.1 Å². The fourth-order valence-electron chi connectivity index (χ4n) is 2.08. The molecule has 0 saturated carbocycles. The number of hydrogen-bond acceptors (Lipinski definition) is 3. The summed E-state index contributed by atoms with van der Waals surface area (Å²) in [6.45, 7) is 4.15. The highest BCUT2D eigenvalue weighted by atomic mass is 19.1. The number of amides is 1. The zero-order valence-corrected chi connectivity index (χ0v) is 12.2. The number of carbonyl (C=O) groups excluding carboxylic acids is 1. The number of nitrogen functional groups attached to an aromatic ring is 1. The largest absolute Gasteiger partial charge is 0.397 e. The van der Waals surface area contributed by atoms with E-state index in [-0.39, 0.29) is 18.1 Å². The highest BCUT2D eigenvalue weighted by Crippen LogP contribution is 2.19. The van der Waals surface area contributed by atoms with E-state index in [1.807, 2.05) is 19.9 Å². The Morgan fingerprint density at radius 3 is 2.71 bits per heavy atom. The van der Waals surface area contributed by atoms with Crippen LogP contribution < -0.4 is 11.1 Å². The van der Waals surface area contributed by atoms with Gasteiger partial charge in [-0.1, -0.05) is 13.8 Å². The molecule has 5 nitrogen and oxygen atoms in total. The third-order valence-corrected chi connectivity index (χ3v) is 3.22. The Morgan fingerprint density at radius 1 is 1.33 bits per heavy atom. The first kappa shape index (κ1) is 15.0. The maximum atomic E-state index is 13.0. The van der Waals surface area contributed by atoms with Crippen LogP contribution in [-0.4, -0.2) is 15.7 Å². The normalized spacial score (nSPS) is 10.6. The molecule has 0 bridgehead atoms. The molecule has 0 radical (unpaired) electrons. The van der Waals surface area contributed by atoms with E-state index in [0.29, 0.717) is 5.69 Å². The molecule has 0 unspecified atom stereocenters. The van der Waals surface area contributed by atoms with Gasteiger partial charge in [0.25, 0.3) is 0 Å². The summed E-state index contributed by atoms with van der Waals surface area (Å²) >= 11 is 0. The van der Waals surface area contributed by atoms with E-state index in [4.69, 9.17) is 5.73 Å². The topological polar surface area (TPSA) is 72.9 Å². The molecule has 1 heterocycles. The number of rotatable bonds is 5. The number of hydrogen-bond donors (Lipinski definition) is 2. The third-order valence-electron chi connectivity index (χ3n) is 3.22. The average molecular weight is 290 g/mol. The molecular formula is C15H19FN4O. The predicted octanol–water partition coefficient (Wildman–Crippen LogP) is 2.37. The smallest absolute Gasteiger partial charge is 0.246 e. The van der Waals surface area contributed by atoms with Crippen LogP contribution in [0.4, 0.5) is 15.8 Å². The summed E-state index contributed by atoms with van der Waals surface area (Å²) in [5.41, 5.74) is 8.24. The zero-order chi connectivity index (χ0) is 15.4. The number of aromatic nitrogens is 2. The van der Waals surface area contributed by atoms with E-state index in [0.717, 1.165) is 24.2 Å². The summed E-state index contributed by atoms with van der Waals surface area (Å²) in [7, 11) is 0. The van der Waals surface area contributed by atoms with E-state index in [1.54, 1.807) is 4.68 Å². The Hall–Kier alpha value is -2.37. The Morgan fingerprint density at radius 2 is 2.10 bits per heavy atom. The molecular weight excluding hydrogens is 271 g/mol. The molecule has 2 rings (SSSR count). The second kappa shape index (κ2) is 6.39. The van der Waals surface area contributed by atoms with Gasteiger partial charge in [-0.25, -0.2) is 4.39 Å². The number of benzene rings is 1. The van der Waals surface area contributed by atoms with E-state index in [9.17, 15) is 9.18 Å². The molecule has 0 saturated heterocycles. The van der Waals surface area contributed by atoms with Gasteiger partial charge in [-0.05, 0) is 37.1 Å². The molecule has 0 spiro atoms. The van der Waals surface area contributed by atoms with Gasteiger partial charge in [0.2, 0.25) is 5.91 Å². The van der Waals surface area contributed by atoms with Crippen molar-refractivity contribution in [3.05, 3.63) is 41.5 Å². The second-order valence-corrected chi connectivity index (χ2v) is 4.77. The molecule has 0 aliphatic carbocycles. The first-order valence-electron chi connectivity index (χ1n) is 6.94. The molecule has 1 aromatic carbocycles. The van der Waals surface area contributed by atoms with E-state index in [1.165, 1.54) is 18.2 Å². The van der Waals surface area contributed by atoms with Crippen LogP contribution >= 0.6 is 0 Å². The molecule has 1 amide bonds. The van der Waals surface area contributed by atoms with Gasteiger partial charge in [0.05, 0.1) is 17.1 Å². The number of carbonyl (C=O) groups is 1. The fraction of sp³-hybridized carbons (Fsp3) is 0.333. The lowest BCUT2D eigenvalue weighted by Gasteiger charge is -2.09. The lowest BCUT2D eigenvalue weighted by molar-refractivity contribution is -0.116. The van der Waals surface area contributed by atoms with Crippen molar-refractivity contribution in [2.75, 3.05) is 11.1 Å². The second-order valence-electron chi connectivity index (χ2n) is 4.77. The maximum absolute atomic E-state index is 13.0. The highest BCUT2D eigenvalue weighted by Gasteiger charge is 2.11. The first-order chi connectivity index (χ1) is 10.0. The van der Waals surface area contributed by atoms with Crippen LogP contribution in [0.25, 0.3) is 0 Å². The van der Waals surface area contributed by atoms with Crippen molar-refractivity contribution in [2.24, 2.45) is 0 Å². The minimum absolute atomic E-state index is 0.111. The molecule has 3 N–H and O–H groups in total. The number of halogens is 1. The van der Waals surface area contributed by atoms with Gasteiger partial charge in [-0.15, -0.1) is 0 Å². The van der Waals surface area contributed by atoms with Crippen molar-refractivity contribution < 1.29 is 9.18 Å². The molecule has 1 aromatic heterocycles.